The van der Waals surface area contributed by atoms with Gasteiger partial charge in [0.25, 0.3) is 5.19 Å². The molecule has 0 atom stereocenters. The quantitative estimate of drug-likeness (QED) is 0.705. The second kappa shape index (κ2) is 5.44. The van der Waals surface area contributed by atoms with E-state index in [1.165, 1.54) is 18.4 Å². The van der Waals surface area contributed by atoms with Crippen LogP contribution in [0.3, 0.4) is 0 Å². The molecular formula is C12H12N6O2S. The molecule has 0 aliphatic heterocycles. The number of nitrogens with zero attached hydrogens (tertiary/aromatic N) is 6. The van der Waals surface area contributed by atoms with Gasteiger partial charge in [-0.1, -0.05) is 11.3 Å². The largest absolute Gasteiger partial charge is 0.465 e. The molecule has 3 heterocycles. The van der Waals surface area contributed by atoms with E-state index in [4.69, 9.17) is 6.11 Å². The van der Waals surface area contributed by atoms with E-state index in [-0.39, 0.29) is 18.5 Å². The fourth-order valence-corrected chi connectivity index (χ4v) is 2.20. The highest BCUT2D eigenvalue weighted by Crippen LogP contribution is 2.19. The zero-order chi connectivity index (χ0) is 15.7. The van der Waals surface area contributed by atoms with E-state index in [2.05, 4.69) is 20.4 Å². The maximum atomic E-state index is 12.0. The Morgan fingerprint density at radius 3 is 2.95 bits per heavy atom. The Bertz CT molecular complexity index is 871. The first-order valence-corrected chi connectivity index (χ1v) is 6.93. The van der Waals surface area contributed by atoms with Gasteiger partial charge in [-0.05, 0) is 29.0 Å². The van der Waals surface area contributed by atoms with Crippen LogP contribution in [0.1, 0.15) is 12.5 Å². The molecule has 0 saturated carbocycles. The van der Waals surface area contributed by atoms with Crippen molar-refractivity contribution in [3.05, 3.63) is 45.4 Å². The maximum Gasteiger partial charge on any atom is 0.369 e. The Morgan fingerprint density at radius 2 is 2.29 bits per heavy atom. The van der Waals surface area contributed by atoms with Gasteiger partial charge in [-0.25, -0.2) is 14.8 Å². The number of tetrazole rings is 1. The molecular weight excluding hydrogens is 292 g/mol. The molecule has 8 nitrogen and oxygen atoms in total. The van der Waals surface area contributed by atoms with E-state index in [0.29, 0.717) is 16.6 Å². The third kappa shape index (κ3) is 2.55. The highest BCUT2D eigenvalue weighted by Gasteiger charge is 2.15. The Hall–Kier alpha value is -2.55. The summed E-state index contributed by atoms with van der Waals surface area (Å²) in [5.74, 6) is 0.376. The summed E-state index contributed by atoms with van der Waals surface area (Å²) < 4.78 is 15.2. The lowest BCUT2D eigenvalue weighted by atomic mass is 10.1. The van der Waals surface area contributed by atoms with Crippen LogP contribution in [-0.2, 0) is 13.7 Å². The fourth-order valence-electron chi connectivity index (χ4n) is 1.76. The maximum absolute atomic E-state index is 12.0. The van der Waals surface area contributed by atoms with E-state index >= 15 is 0 Å². The predicted molar refractivity (Wildman–Crippen MR) is 75.6 cm³/mol. The topological polar surface area (TPSA) is 87.7 Å². The SMILES string of the molecule is [3H]c1csc(OCc2c(C)ccnc2-n2nnn(C)c2=O)n1. The molecule has 3 rings (SSSR count). The molecule has 21 heavy (non-hydrogen) atoms. The summed E-state index contributed by atoms with van der Waals surface area (Å²) in [5, 5.41) is 9.47. The van der Waals surface area contributed by atoms with Crippen LogP contribution in [0.2, 0.25) is 0 Å². The lowest BCUT2D eigenvalue weighted by molar-refractivity contribution is 0.302. The van der Waals surface area contributed by atoms with E-state index < -0.39 is 0 Å². The van der Waals surface area contributed by atoms with Gasteiger partial charge in [0.1, 0.15) is 6.61 Å². The number of thiazole rings is 1. The molecule has 108 valence electrons. The number of aryl methyl sites for hydroxylation is 2. The predicted octanol–water partition coefficient (Wildman–Crippen LogP) is 0.705. The van der Waals surface area contributed by atoms with E-state index in [9.17, 15) is 4.79 Å². The van der Waals surface area contributed by atoms with E-state index in [0.717, 1.165) is 14.9 Å². The van der Waals surface area contributed by atoms with Crippen molar-refractivity contribution in [2.75, 3.05) is 0 Å². The summed E-state index contributed by atoms with van der Waals surface area (Å²) in [4.78, 5) is 20.1. The Labute approximate surface area is 125 Å². The minimum absolute atomic E-state index is 0.160. The zero-order valence-corrected chi connectivity index (χ0v) is 12.2. The van der Waals surface area contributed by atoms with Gasteiger partial charge in [0, 0.05) is 30.4 Å². The molecule has 0 N–H and O–H groups in total. The van der Waals surface area contributed by atoms with Crippen LogP contribution in [0, 0.1) is 6.92 Å². The average Bonchev–Trinajstić information content (AvgIpc) is 3.05. The second-order valence-electron chi connectivity index (χ2n) is 4.26. The molecule has 0 amide bonds. The van der Waals surface area contributed by atoms with Crippen LogP contribution in [0.15, 0.2) is 28.6 Å². The molecule has 0 aromatic carbocycles. The van der Waals surface area contributed by atoms with Crippen LogP contribution < -0.4 is 10.4 Å². The van der Waals surface area contributed by atoms with E-state index in [1.54, 1.807) is 11.6 Å². The lowest BCUT2D eigenvalue weighted by Crippen LogP contribution is -2.24. The lowest BCUT2D eigenvalue weighted by Gasteiger charge is -2.10. The van der Waals surface area contributed by atoms with Gasteiger partial charge in [0.2, 0.25) is 0 Å². The van der Waals surface area contributed by atoms with Gasteiger partial charge < -0.3 is 4.74 Å². The molecule has 0 fully saturated rings. The average molecular weight is 306 g/mol. The van der Waals surface area contributed by atoms with Crippen molar-refractivity contribution in [1.29, 1.82) is 0 Å². The first-order chi connectivity index (χ1) is 10.6. The van der Waals surface area contributed by atoms with Crippen molar-refractivity contribution in [2.45, 2.75) is 13.5 Å². The minimum Gasteiger partial charge on any atom is -0.465 e. The Morgan fingerprint density at radius 1 is 1.43 bits per heavy atom. The highest BCUT2D eigenvalue weighted by atomic mass is 32.1. The molecule has 9 heteroatoms. The number of pyridine rings is 1. The highest BCUT2D eigenvalue weighted by molar-refractivity contribution is 7.11. The normalized spacial score (nSPS) is 11.4. The third-order valence-electron chi connectivity index (χ3n) is 2.90. The molecule has 0 bridgehead atoms. The smallest absolute Gasteiger partial charge is 0.369 e. The number of aromatic nitrogens is 6. The number of hydrogen-bond donors (Lipinski definition) is 0. The van der Waals surface area contributed by atoms with Gasteiger partial charge in [-0.3, -0.25) is 0 Å². The Balaban J connectivity index is 1.96. The molecule has 0 unspecified atom stereocenters. The second-order valence-corrected chi connectivity index (χ2v) is 5.08. The number of ether oxygens (including phenoxy) is 1. The molecule has 3 aromatic heterocycles. The van der Waals surface area contributed by atoms with Gasteiger partial charge >= 0.3 is 5.69 Å². The van der Waals surface area contributed by atoms with Crippen LogP contribution in [0.4, 0.5) is 0 Å². The van der Waals surface area contributed by atoms with Crippen LogP contribution >= 0.6 is 11.3 Å². The van der Waals surface area contributed by atoms with Gasteiger partial charge in [0.15, 0.2) is 5.82 Å². The van der Waals surface area contributed by atoms with Crippen LogP contribution in [0.5, 0.6) is 5.19 Å². The first-order valence-electron chi connectivity index (χ1n) is 6.55. The molecule has 0 saturated heterocycles. The fraction of sp³-hybridized carbons (Fsp3) is 0.250. The molecule has 0 aliphatic carbocycles. The van der Waals surface area contributed by atoms with Crippen molar-refractivity contribution in [1.82, 2.24) is 29.8 Å². The van der Waals surface area contributed by atoms with Gasteiger partial charge in [-0.15, -0.1) is 4.68 Å². The van der Waals surface area contributed by atoms with Gasteiger partial charge in [0.05, 0.1) is 1.37 Å². The van der Waals surface area contributed by atoms with Crippen molar-refractivity contribution in [2.24, 2.45) is 7.05 Å². The van der Waals surface area contributed by atoms with Crippen LogP contribution in [-0.4, -0.2) is 29.8 Å². The standard InChI is InChI=1S/C12H12N6O2S/c1-8-3-4-13-10(18-12(19)17(2)15-16-18)9(8)7-20-11-14-5-6-21-11/h3-6H,7H2,1-2H3/i5T. The van der Waals surface area contributed by atoms with Crippen molar-refractivity contribution in [3.63, 3.8) is 0 Å². The summed E-state index contributed by atoms with van der Waals surface area (Å²) in [5.41, 5.74) is 1.24. The summed E-state index contributed by atoms with van der Waals surface area (Å²) in [6, 6.07) is 1.82. The molecule has 0 aliphatic rings. The third-order valence-corrected chi connectivity index (χ3v) is 3.53. The zero-order valence-electron chi connectivity index (χ0n) is 12.3. The summed E-state index contributed by atoms with van der Waals surface area (Å²) in [6.07, 6.45) is 1.76. The minimum atomic E-state index is -0.387. The number of hydrogen-bond acceptors (Lipinski definition) is 7. The first kappa shape index (κ1) is 12.2. The van der Waals surface area contributed by atoms with Gasteiger partial charge in [-0.2, -0.15) is 4.68 Å². The Kier molecular flexibility index (Phi) is 3.17. The monoisotopic (exact) mass is 306 g/mol. The van der Waals surface area contributed by atoms with Crippen LogP contribution in [0.25, 0.3) is 5.82 Å². The summed E-state index contributed by atoms with van der Waals surface area (Å²) in [7, 11) is 1.52. The molecule has 3 aromatic rings. The van der Waals surface area contributed by atoms with Crippen molar-refractivity contribution in [3.8, 4) is 11.0 Å². The van der Waals surface area contributed by atoms with Crippen molar-refractivity contribution >= 4 is 11.3 Å². The molecule has 0 spiro atoms. The number of rotatable bonds is 4. The van der Waals surface area contributed by atoms with Crippen molar-refractivity contribution < 1.29 is 6.11 Å². The molecule has 0 radical (unpaired) electrons. The summed E-state index contributed by atoms with van der Waals surface area (Å²) >= 11 is 1.24. The van der Waals surface area contributed by atoms with E-state index in [1.807, 2.05) is 13.0 Å². The summed E-state index contributed by atoms with van der Waals surface area (Å²) in [6.45, 7) is 2.06.